The average Bonchev–Trinajstić information content (AvgIpc) is 3.03. The van der Waals surface area contributed by atoms with E-state index in [4.69, 9.17) is 9.47 Å². The van der Waals surface area contributed by atoms with Crippen molar-refractivity contribution < 1.29 is 19.1 Å². The van der Waals surface area contributed by atoms with Gasteiger partial charge in [0.25, 0.3) is 5.91 Å². The molecule has 0 atom stereocenters. The van der Waals surface area contributed by atoms with Crippen LogP contribution >= 0.6 is 0 Å². The summed E-state index contributed by atoms with van der Waals surface area (Å²) in [6.45, 7) is 4.69. The number of ether oxygens (including phenoxy) is 2. The largest absolute Gasteiger partial charge is 0.490 e. The third-order valence-corrected chi connectivity index (χ3v) is 3.51. The second kappa shape index (κ2) is 8.89. The topological polar surface area (TPSA) is 85.7 Å². The number of carbonyl (C=O) groups excluding carboxylic acids is 2. The Kier molecular flexibility index (Phi) is 6.60. The zero-order valence-electron chi connectivity index (χ0n) is 15.5. The maximum absolute atomic E-state index is 12.3. The second-order valence-corrected chi connectivity index (χ2v) is 5.64. The number of rotatable bonds is 8. The Labute approximate surface area is 152 Å². The van der Waals surface area contributed by atoms with Crippen molar-refractivity contribution >= 4 is 17.5 Å². The van der Waals surface area contributed by atoms with Crippen molar-refractivity contribution in [2.24, 2.45) is 7.05 Å². The molecule has 2 aromatic rings. The first-order valence-electron chi connectivity index (χ1n) is 8.38. The summed E-state index contributed by atoms with van der Waals surface area (Å²) in [7, 11) is 3.30. The lowest BCUT2D eigenvalue weighted by Gasteiger charge is -2.17. The Morgan fingerprint density at radius 1 is 1.19 bits per heavy atom. The summed E-state index contributed by atoms with van der Waals surface area (Å²) in [4.78, 5) is 25.8. The van der Waals surface area contributed by atoms with Crippen molar-refractivity contribution in [2.75, 3.05) is 32.1 Å². The highest BCUT2D eigenvalue weighted by Crippen LogP contribution is 2.30. The number of amides is 2. The molecule has 1 N–H and O–H groups in total. The fourth-order valence-electron chi connectivity index (χ4n) is 2.37. The van der Waals surface area contributed by atoms with Gasteiger partial charge >= 0.3 is 0 Å². The van der Waals surface area contributed by atoms with E-state index < -0.39 is 0 Å². The molecule has 0 bridgehead atoms. The molecule has 0 radical (unpaired) electrons. The molecule has 0 fully saturated rings. The molecule has 1 aromatic carbocycles. The smallest absolute Gasteiger partial charge is 0.257 e. The third-order valence-electron chi connectivity index (χ3n) is 3.51. The van der Waals surface area contributed by atoms with Crippen LogP contribution in [0.15, 0.2) is 30.6 Å². The lowest BCUT2D eigenvalue weighted by Crippen LogP contribution is -2.34. The maximum atomic E-state index is 12.3. The Morgan fingerprint density at radius 3 is 2.50 bits per heavy atom. The zero-order chi connectivity index (χ0) is 19.1. The number of benzene rings is 1. The summed E-state index contributed by atoms with van der Waals surface area (Å²) >= 11 is 0. The van der Waals surface area contributed by atoms with Gasteiger partial charge in [0.2, 0.25) is 5.91 Å². The van der Waals surface area contributed by atoms with Crippen LogP contribution in [0.25, 0.3) is 0 Å². The fourth-order valence-corrected chi connectivity index (χ4v) is 2.37. The van der Waals surface area contributed by atoms with E-state index in [2.05, 4.69) is 10.4 Å². The van der Waals surface area contributed by atoms with E-state index in [0.717, 1.165) is 0 Å². The first-order valence-corrected chi connectivity index (χ1v) is 8.38. The normalized spacial score (nSPS) is 10.3. The summed E-state index contributed by atoms with van der Waals surface area (Å²) < 4.78 is 12.6. The summed E-state index contributed by atoms with van der Waals surface area (Å²) in [6, 6.07) is 5.18. The SMILES string of the molecule is CCOc1ccc(NC(=O)CN(C)C(=O)c2cnn(C)c2)cc1OCC. The van der Waals surface area contributed by atoms with E-state index in [1.165, 1.54) is 15.8 Å². The molecule has 0 aliphatic rings. The van der Waals surface area contributed by atoms with E-state index >= 15 is 0 Å². The van der Waals surface area contributed by atoms with Crippen molar-refractivity contribution in [2.45, 2.75) is 13.8 Å². The molecule has 0 aliphatic carbocycles. The fraction of sp³-hybridized carbons (Fsp3) is 0.389. The number of carbonyl (C=O) groups is 2. The number of hydrogen-bond acceptors (Lipinski definition) is 5. The summed E-state index contributed by atoms with van der Waals surface area (Å²) in [5, 5.41) is 6.72. The molecular weight excluding hydrogens is 336 g/mol. The predicted octanol–water partition coefficient (Wildman–Crippen LogP) is 1.93. The average molecular weight is 360 g/mol. The number of anilines is 1. The molecule has 8 nitrogen and oxygen atoms in total. The first kappa shape index (κ1) is 19.3. The van der Waals surface area contributed by atoms with Gasteiger partial charge < -0.3 is 19.7 Å². The van der Waals surface area contributed by atoms with Gasteiger partial charge in [0.05, 0.1) is 31.5 Å². The molecule has 140 valence electrons. The van der Waals surface area contributed by atoms with Crippen LogP contribution in [-0.4, -0.2) is 53.3 Å². The van der Waals surface area contributed by atoms with Crippen LogP contribution in [0.5, 0.6) is 11.5 Å². The van der Waals surface area contributed by atoms with Crippen molar-refractivity contribution in [3.05, 3.63) is 36.2 Å². The van der Waals surface area contributed by atoms with E-state index in [9.17, 15) is 9.59 Å². The molecule has 0 saturated heterocycles. The summed E-state index contributed by atoms with van der Waals surface area (Å²) in [5.74, 6) is 0.606. The molecule has 0 saturated carbocycles. The molecule has 1 aromatic heterocycles. The highest BCUT2D eigenvalue weighted by Gasteiger charge is 2.17. The quantitative estimate of drug-likeness (QED) is 0.777. The third kappa shape index (κ3) is 4.98. The van der Waals surface area contributed by atoms with Crippen LogP contribution < -0.4 is 14.8 Å². The van der Waals surface area contributed by atoms with Crippen molar-refractivity contribution in [1.29, 1.82) is 0 Å². The second-order valence-electron chi connectivity index (χ2n) is 5.64. The number of hydrogen-bond donors (Lipinski definition) is 1. The van der Waals surface area contributed by atoms with E-state index in [-0.39, 0.29) is 18.4 Å². The number of aromatic nitrogens is 2. The highest BCUT2D eigenvalue weighted by molar-refractivity contribution is 5.99. The summed E-state index contributed by atoms with van der Waals surface area (Å²) in [6.07, 6.45) is 3.08. The molecular formula is C18H24N4O4. The van der Waals surface area contributed by atoms with E-state index in [1.807, 2.05) is 13.8 Å². The van der Waals surface area contributed by atoms with Gasteiger partial charge in [0.1, 0.15) is 0 Å². The van der Waals surface area contributed by atoms with Crippen molar-refractivity contribution in [3.8, 4) is 11.5 Å². The Bertz CT molecular complexity index is 772. The minimum absolute atomic E-state index is 0.0785. The number of likely N-dealkylation sites (N-methyl/N-ethyl adjacent to an activating group) is 1. The molecule has 1 heterocycles. The van der Waals surface area contributed by atoms with E-state index in [1.54, 1.807) is 38.5 Å². The standard InChI is InChI=1S/C18H24N4O4/c1-5-25-15-8-7-14(9-16(15)26-6-2)20-17(23)12-21(3)18(24)13-10-19-22(4)11-13/h7-11H,5-6,12H2,1-4H3,(H,20,23). The lowest BCUT2D eigenvalue weighted by molar-refractivity contribution is -0.116. The van der Waals surface area contributed by atoms with Gasteiger partial charge in [0.15, 0.2) is 11.5 Å². The van der Waals surface area contributed by atoms with Crippen LogP contribution in [0.2, 0.25) is 0 Å². The minimum Gasteiger partial charge on any atom is -0.490 e. The Balaban J connectivity index is 2.00. The Hall–Kier alpha value is -3.03. The monoisotopic (exact) mass is 360 g/mol. The molecule has 2 amide bonds. The molecule has 0 aliphatic heterocycles. The van der Waals surface area contributed by atoms with Crippen LogP contribution in [0, 0.1) is 0 Å². The van der Waals surface area contributed by atoms with Crippen molar-refractivity contribution in [1.82, 2.24) is 14.7 Å². The van der Waals surface area contributed by atoms with Gasteiger partial charge in [-0.15, -0.1) is 0 Å². The zero-order valence-corrected chi connectivity index (χ0v) is 15.5. The maximum Gasteiger partial charge on any atom is 0.257 e. The van der Waals surface area contributed by atoms with Crippen LogP contribution in [0.4, 0.5) is 5.69 Å². The van der Waals surface area contributed by atoms with Crippen LogP contribution in [0.3, 0.4) is 0 Å². The van der Waals surface area contributed by atoms with Crippen molar-refractivity contribution in [3.63, 3.8) is 0 Å². The molecule has 8 heteroatoms. The highest BCUT2D eigenvalue weighted by atomic mass is 16.5. The van der Waals surface area contributed by atoms with Gasteiger partial charge in [-0.2, -0.15) is 5.10 Å². The molecule has 0 unspecified atom stereocenters. The lowest BCUT2D eigenvalue weighted by atomic mass is 10.2. The Morgan fingerprint density at radius 2 is 1.88 bits per heavy atom. The molecule has 0 spiro atoms. The number of nitrogens with one attached hydrogen (secondary N) is 1. The van der Waals surface area contributed by atoms with Gasteiger partial charge in [-0.05, 0) is 26.0 Å². The first-order chi connectivity index (χ1) is 12.4. The predicted molar refractivity (Wildman–Crippen MR) is 97.6 cm³/mol. The van der Waals surface area contributed by atoms with Gasteiger partial charge in [-0.3, -0.25) is 14.3 Å². The van der Waals surface area contributed by atoms with Crippen LogP contribution in [-0.2, 0) is 11.8 Å². The molecule has 2 rings (SSSR count). The number of aryl methyl sites for hydroxylation is 1. The molecule has 26 heavy (non-hydrogen) atoms. The van der Waals surface area contributed by atoms with Gasteiger partial charge in [-0.25, -0.2) is 0 Å². The minimum atomic E-state index is -0.309. The van der Waals surface area contributed by atoms with Gasteiger partial charge in [-0.1, -0.05) is 0 Å². The van der Waals surface area contributed by atoms with Gasteiger partial charge in [0, 0.05) is 32.0 Å². The van der Waals surface area contributed by atoms with Crippen LogP contribution in [0.1, 0.15) is 24.2 Å². The number of nitrogens with zero attached hydrogens (tertiary/aromatic N) is 3. The summed E-state index contributed by atoms with van der Waals surface area (Å²) in [5.41, 5.74) is 1.01. The van der Waals surface area contributed by atoms with E-state index in [0.29, 0.717) is 36.0 Å².